The molecule has 0 amide bonds. The van der Waals surface area contributed by atoms with Crippen LogP contribution in [0.2, 0.25) is 0 Å². The minimum Gasteiger partial charge on any atom is -0.497 e. The monoisotopic (exact) mass is 772 g/mol. The van der Waals surface area contributed by atoms with Crippen LogP contribution in [0.25, 0.3) is 110 Å². The molecule has 0 radical (unpaired) electrons. The predicted molar refractivity (Wildman–Crippen MR) is 247 cm³/mol. The van der Waals surface area contributed by atoms with Gasteiger partial charge in [0.1, 0.15) is 23.1 Å². The molecule has 0 N–H and O–H groups in total. The smallest absolute Gasteiger partial charge is 0.146 e. The number of hydrogen-bond donors (Lipinski definition) is 0. The van der Waals surface area contributed by atoms with Gasteiger partial charge in [-0.1, -0.05) is 97.1 Å². The SMILES string of the molecule is COc1ccc2c(c1)c1cc(OC)ccc1n2-c1ccc(-c2nc3c4ccccc4c4ccccc4c3n2-c2ccc(-c3c4ccccc4cc4ccccc34)cn2)cc1. The maximum Gasteiger partial charge on any atom is 0.146 e. The maximum atomic E-state index is 5.64. The van der Waals surface area contributed by atoms with Gasteiger partial charge in [0.05, 0.1) is 36.3 Å². The highest BCUT2D eigenvalue weighted by atomic mass is 16.5. The van der Waals surface area contributed by atoms with Gasteiger partial charge in [-0.15, -0.1) is 0 Å². The van der Waals surface area contributed by atoms with Gasteiger partial charge in [-0.2, -0.15) is 0 Å². The van der Waals surface area contributed by atoms with Gasteiger partial charge in [-0.25, -0.2) is 9.97 Å². The minimum atomic E-state index is 0.801. The van der Waals surface area contributed by atoms with Gasteiger partial charge in [-0.3, -0.25) is 4.57 Å². The van der Waals surface area contributed by atoms with Crippen LogP contribution in [-0.4, -0.2) is 33.3 Å². The van der Waals surface area contributed by atoms with Gasteiger partial charge in [0, 0.05) is 44.6 Å². The molecule has 60 heavy (non-hydrogen) atoms. The number of methoxy groups -OCH3 is 2. The van der Waals surface area contributed by atoms with Crippen molar-refractivity contribution in [2.75, 3.05) is 14.2 Å². The molecule has 0 bridgehead atoms. The van der Waals surface area contributed by atoms with E-state index in [-0.39, 0.29) is 0 Å². The molecule has 3 heterocycles. The molecular formula is C54H36N4O2. The molecule has 0 aliphatic heterocycles. The van der Waals surface area contributed by atoms with Crippen molar-refractivity contribution in [1.82, 2.24) is 19.1 Å². The number of imidazole rings is 1. The number of nitrogens with zero attached hydrogens (tertiary/aromatic N) is 4. The lowest BCUT2D eigenvalue weighted by molar-refractivity contribution is 0.415. The van der Waals surface area contributed by atoms with E-state index in [2.05, 4.69) is 173 Å². The Morgan fingerprint density at radius 3 is 1.55 bits per heavy atom. The first kappa shape index (κ1) is 34.1. The molecule has 12 rings (SSSR count). The Morgan fingerprint density at radius 2 is 0.967 bits per heavy atom. The lowest BCUT2D eigenvalue weighted by atomic mass is 9.93. The molecule has 0 unspecified atom stereocenters. The van der Waals surface area contributed by atoms with Gasteiger partial charge in [-0.05, 0) is 117 Å². The fraction of sp³-hybridized carbons (Fsp3) is 0.0370. The van der Waals surface area contributed by atoms with Crippen molar-refractivity contribution in [2.24, 2.45) is 0 Å². The van der Waals surface area contributed by atoms with E-state index < -0.39 is 0 Å². The van der Waals surface area contributed by atoms with Crippen molar-refractivity contribution < 1.29 is 9.47 Å². The number of aromatic nitrogens is 4. The molecule has 0 aliphatic carbocycles. The first-order valence-corrected chi connectivity index (χ1v) is 20.1. The van der Waals surface area contributed by atoms with Crippen LogP contribution in [0.5, 0.6) is 11.5 Å². The van der Waals surface area contributed by atoms with Crippen LogP contribution >= 0.6 is 0 Å². The summed E-state index contributed by atoms with van der Waals surface area (Å²) >= 11 is 0. The summed E-state index contributed by atoms with van der Waals surface area (Å²) < 4.78 is 15.8. The Kier molecular flexibility index (Phi) is 7.56. The van der Waals surface area contributed by atoms with Crippen molar-refractivity contribution in [3.05, 3.63) is 182 Å². The normalized spacial score (nSPS) is 11.8. The summed E-state index contributed by atoms with van der Waals surface area (Å²) in [6, 6.07) is 62.3. The molecule has 6 nitrogen and oxygen atoms in total. The van der Waals surface area contributed by atoms with Crippen LogP contribution < -0.4 is 9.47 Å². The zero-order valence-electron chi connectivity index (χ0n) is 32.9. The number of pyridine rings is 1. The van der Waals surface area contributed by atoms with Crippen LogP contribution in [0, 0.1) is 0 Å². The summed E-state index contributed by atoms with van der Waals surface area (Å²) in [5, 5.41) is 11.6. The summed E-state index contributed by atoms with van der Waals surface area (Å²) in [5.41, 5.74) is 8.42. The Bertz CT molecular complexity index is 3560. The van der Waals surface area contributed by atoms with Crippen LogP contribution in [0.1, 0.15) is 0 Å². The zero-order chi connectivity index (χ0) is 39.9. The number of benzene rings is 9. The molecule has 0 saturated heterocycles. The van der Waals surface area contributed by atoms with Gasteiger partial charge in [0.25, 0.3) is 0 Å². The van der Waals surface area contributed by atoms with Crippen LogP contribution in [-0.2, 0) is 0 Å². The Labute approximate surface area is 345 Å². The van der Waals surface area contributed by atoms with Crippen LogP contribution in [0.15, 0.2) is 182 Å². The maximum absolute atomic E-state index is 5.64. The Hall–Kier alpha value is -7.96. The van der Waals surface area contributed by atoms with Gasteiger partial charge in [0.2, 0.25) is 0 Å². The van der Waals surface area contributed by atoms with E-state index in [0.29, 0.717) is 0 Å². The quantitative estimate of drug-likeness (QED) is 0.125. The van der Waals surface area contributed by atoms with E-state index in [9.17, 15) is 0 Å². The van der Waals surface area contributed by atoms with E-state index in [1.165, 1.54) is 37.9 Å². The van der Waals surface area contributed by atoms with Gasteiger partial charge < -0.3 is 14.0 Å². The summed E-state index contributed by atoms with van der Waals surface area (Å²) in [6.07, 6.45) is 2.03. The molecule has 0 fully saturated rings. The van der Waals surface area contributed by atoms with Crippen molar-refractivity contribution in [2.45, 2.75) is 0 Å². The standard InChI is InChI=1S/C54H36N4O2/c1-59-38-24-26-48-46(30-38)47-31-39(60-2)25-27-49(47)57(48)37-22-19-33(20-23-37)54-56-52-44-17-9-7-15-42(44)43-16-8-10-18-45(43)53(52)58(54)50-28-21-36(32-55-50)51-40-13-5-3-11-34(40)29-35-12-4-6-14-41(35)51/h3-32H,1-2H3. The number of hydrogen-bond acceptors (Lipinski definition) is 4. The second kappa shape index (κ2) is 13.3. The molecule has 0 saturated carbocycles. The highest BCUT2D eigenvalue weighted by Gasteiger charge is 2.22. The number of ether oxygens (including phenoxy) is 2. The molecule has 0 atom stereocenters. The average molecular weight is 773 g/mol. The fourth-order valence-corrected chi connectivity index (χ4v) is 9.39. The summed E-state index contributed by atoms with van der Waals surface area (Å²) in [6.45, 7) is 0. The second-order valence-electron chi connectivity index (χ2n) is 15.3. The van der Waals surface area contributed by atoms with E-state index in [4.69, 9.17) is 19.4 Å². The molecule has 0 aliphatic rings. The molecule has 6 heteroatoms. The first-order chi connectivity index (χ1) is 29.7. The summed E-state index contributed by atoms with van der Waals surface area (Å²) in [7, 11) is 3.41. The molecule has 12 aromatic rings. The van der Waals surface area contributed by atoms with E-state index in [1.54, 1.807) is 14.2 Å². The van der Waals surface area contributed by atoms with Crippen LogP contribution in [0.3, 0.4) is 0 Å². The third-order valence-corrected chi connectivity index (χ3v) is 12.1. The lowest BCUT2D eigenvalue weighted by Gasteiger charge is -2.14. The van der Waals surface area contributed by atoms with E-state index in [0.717, 1.165) is 83.6 Å². The summed E-state index contributed by atoms with van der Waals surface area (Å²) in [5.74, 6) is 3.25. The Balaban J connectivity index is 1.08. The van der Waals surface area contributed by atoms with E-state index >= 15 is 0 Å². The molecule has 0 spiro atoms. The minimum absolute atomic E-state index is 0.801. The van der Waals surface area contributed by atoms with Crippen molar-refractivity contribution in [3.8, 4) is 45.5 Å². The molecule has 3 aromatic heterocycles. The predicted octanol–water partition coefficient (Wildman–Crippen LogP) is 13.5. The number of rotatable bonds is 6. The molecular weight excluding hydrogens is 737 g/mol. The van der Waals surface area contributed by atoms with E-state index in [1.807, 2.05) is 18.3 Å². The van der Waals surface area contributed by atoms with Crippen molar-refractivity contribution >= 4 is 75.9 Å². The van der Waals surface area contributed by atoms with Gasteiger partial charge >= 0.3 is 0 Å². The third-order valence-electron chi connectivity index (χ3n) is 12.1. The van der Waals surface area contributed by atoms with Gasteiger partial charge in [0.15, 0.2) is 0 Å². The van der Waals surface area contributed by atoms with Crippen molar-refractivity contribution in [1.29, 1.82) is 0 Å². The second-order valence-corrected chi connectivity index (χ2v) is 15.3. The summed E-state index contributed by atoms with van der Waals surface area (Å²) in [4.78, 5) is 10.8. The molecule has 9 aromatic carbocycles. The average Bonchev–Trinajstić information content (AvgIpc) is 3.87. The molecule has 284 valence electrons. The highest BCUT2D eigenvalue weighted by molar-refractivity contribution is 6.24. The third kappa shape index (κ3) is 5.07. The highest BCUT2D eigenvalue weighted by Crippen LogP contribution is 2.42. The zero-order valence-corrected chi connectivity index (χ0v) is 32.9. The number of fused-ring (bicyclic) bond motifs is 11. The topological polar surface area (TPSA) is 54.1 Å². The van der Waals surface area contributed by atoms with Crippen LogP contribution in [0.4, 0.5) is 0 Å². The fourth-order valence-electron chi connectivity index (χ4n) is 9.39. The van der Waals surface area contributed by atoms with Crippen molar-refractivity contribution in [3.63, 3.8) is 0 Å². The first-order valence-electron chi connectivity index (χ1n) is 20.1. The lowest BCUT2D eigenvalue weighted by Crippen LogP contribution is -2.01. The largest absolute Gasteiger partial charge is 0.497 e. The Morgan fingerprint density at radius 1 is 0.433 bits per heavy atom.